The molecule has 25 heavy (non-hydrogen) atoms. The number of hydrogen-bond donors (Lipinski definition) is 1. The van der Waals surface area contributed by atoms with E-state index < -0.39 is 29.2 Å². The van der Waals surface area contributed by atoms with Crippen LogP contribution in [0.15, 0.2) is 54.6 Å². The fourth-order valence-electron chi connectivity index (χ4n) is 1.82. The second kappa shape index (κ2) is 8.34. The summed E-state index contributed by atoms with van der Waals surface area (Å²) in [6.45, 7) is -0.518. The second-order valence-corrected chi connectivity index (χ2v) is 4.85. The summed E-state index contributed by atoms with van der Waals surface area (Å²) < 4.78 is 17.5. The van der Waals surface area contributed by atoms with Gasteiger partial charge in [0.25, 0.3) is 11.6 Å². The van der Waals surface area contributed by atoms with E-state index in [4.69, 9.17) is 4.74 Å². The van der Waals surface area contributed by atoms with Gasteiger partial charge in [-0.15, -0.1) is 0 Å². The zero-order valence-electron chi connectivity index (χ0n) is 12.8. The normalized spacial score (nSPS) is 10.4. The van der Waals surface area contributed by atoms with E-state index in [9.17, 15) is 24.1 Å². The Morgan fingerprint density at radius 1 is 1.20 bits per heavy atom. The molecule has 0 aromatic heterocycles. The second-order valence-electron chi connectivity index (χ2n) is 4.85. The van der Waals surface area contributed by atoms with E-state index in [2.05, 4.69) is 5.32 Å². The van der Waals surface area contributed by atoms with Crippen LogP contribution >= 0.6 is 0 Å². The summed E-state index contributed by atoms with van der Waals surface area (Å²) in [5.74, 6) is -1.79. The Kier molecular flexibility index (Phi) is 5.94. The molecule has 0 atom stereocenters. The number of hydrogen-bond acceptors (Lipinski definition) is 5. The Hall–Kier alpha value is -3.55. The molecule has 0 heterocycles. The maximum atomic E-state index is 12.7. The number of rotatable bonds is 6. The molecule has 0 bridgehead atoms. The summed E-state index contributed by atoms with van der Waals surface area (Å²) in [6, 6.07) is 10.8. The van der Waals surface area contributed by atoms with Crippen LogP contribution in [-0.2, 0) is 14.3 Å². The van der Waals surface area contributed by atoms with Crippen LogP contribution in [0.1, 0.15) is 5.56 Å². The molecular weight excluding hydrogens is 331 g/mol. The van der Waals surface area contributed by atoms with E-state index in [1.54, 1.807) is 6.07 Å². The number of nitrogens with one attached hydrogen (secondary N) is 1. The maximum absolute atomic E-state index is 12.7. The van der Waals surface area contributed by atoms with Gasteiger partial charge in [-0.1, -0.05) is 12.1 Å². The highest BCUT2D eigenvalue weighted by atomic mass is 19.1. The highest BCUT2D eigenvalue weighted by Crippen LogP contribution is 2.14. The van der Waals surface area contributed by atoms with Crippen molar-refractivity contribution in [2.24, 2.45) is 0 Å². The van der Waals surface area contributed by atoms with Crippen molar-refractivity contribution in [3.05, 3.63) is 76.1 Å². The van der Waals surface area contributed by atoms with Gasteiger partial charge >= 0.3 is 5.97 Å². The van der Waals surface area contributed by atoms with Gasteiger partial charge in [0.15, 0.2) is 6.61 Å². The zero-order chi connectivity index (χ0) is 18.2. The van der Waals surface area contributed by atoms with E-state index in [0.717, 1.165) is 6.08 Å². The molecule has 0 aliphatic rings. The molecule has 0 aliphatic carbocycles. The summed E-state index contributed by atoms with van der Waals surface area (Å²) in [5, 5.41) is 13.1. The van der Waals surface area contributed by atoms with Crippen LogP contribution in [0.4, 0.5) is 15.8 Å². The zero-order valence-corrected chi connectivity index (χ0v) is 12.8. The quantitative estimate of drug-likeness (QED) is 0.376. The Bertz CT molecular complexity index is 818. The molecule has 1 amide bonds. The highest BCUT2D eigenvalue weighted by molar-refractivity contribution is 5.94. The molecule has 2 aromatic carbocycles. The lowest BCUT2D eigenvalue weighted by Gasteiger charge is -2.05. The summed E-state index contributed by atoms with van der Waals surface area (Å²) in [4.78, 5) is 33.3. The minimum absolute atomic E-state index is 0.103. The number of anilines is 1. The standard InChI is InChI=1S/C17H13FN2O5/c18-13-5-7-14(8-6-13)19-16(21)11-25-17(22)9-4-12-2-1-3-15(10-12)20(23)24/h1-10H,11H2,(H,19,21). The first-order valence-electron chi connectivity index (χ1n) is 7.09. The first-order chi connectivity index (χ1) is 11.9. The molecule has 1 N–H and O–H groups in total. The van der Waals surface area contributed by atoms with Crippen LogP contribution in [0.2, 0.25) is 0 Å². The maximum Gasteiger partial charge on any atom is 0.331 e. The molecule has 2 aromatic rings. The molecule has 8 heteroatoms. The summed E-state index contributed by atoms with van der Waals surface area (Å²) in [5.41, 5.74) is 0.714. The molecule has 7 nitrogen and oxygen atoms in total. The van der Waals surface area contributed by atoms with Gasteiger partial charge in [0, 0.05) is 23.9 Å². The molecule has 0 radical (unpaired) electrons. The molecule has 0 saturated carbocycles. The monoisotopic (exact) mass is 344 g/mol. The molecule has 0 aliphatic heterocycles. The van der Waals surface area contributed by atoms with Crippen LogP contribution in [0.3, 0.4) is 0 Å². The lowest BCUT2D eigenvalue weighted by molar-refractivity contribution is -0.384. The Balaban J connectivity index is 1.83. The van der Waals surface area contributed by atoms with Gasteiger partial charge in [0.2, 0.25) is 0 Å². The van der Waals surface area contributed by atoms with Crippen molar-refractivity contribution in [3.8, 4) is 0 Å². The van der Waals surface area contributed by atoms with Crippen LogP contribution in [-0.4, -0.2) is 23.4 Å². The van der Waals surface area contributed by atoms with Crippen molar-refractivity contribution < 1.29 is 23.6 Å². The Labute approximate surface area is 141 Å². The number of amides is 1. The SMILES string of the molecule is O=C(COC(=O)C=Cc1cccc([N+](=O)[O-])c1)Nc1ccc(F)cc1. The largest absolute Gasteiger partial charge is 0.452 e. The third kappa shape index (κ3) is 5.87. The summed E-state index contributed by atoms with van der Waals surface area (Å²) >= 11 is 0. The first-order valence-corrected chi connectivity index (χ1v) is 7.09. The number of ether oxygens (including phenoxy) is 1. The number of nitro groups is 1. The number of nitrogens with zero attached hydrogens (tertiary/aromatic N) is 1. The minimum atomic E-state index is -0.777. The first kappa shape index (κ1) is 17.8. The third-order valence-electron chi connectivity index (χ3n) is 2.97. The van der Waals surface area contributed by atoms with Crippen molar-refractivity contribution in [1.82, 2.24) is 0 Å². The van der Waals surface area contributed by atoms with E-state index in [1.165, 1.54) is 48.5 Å². The van der Waals surface area contributed by atoms with Gasteiger partial charge < -0.3 is 10.1 Å². The van der Waals surface area contributed by atoms with Gasteiger partial charge in [-0.25, -0.2) is 9.18 Å². The molecule has 128 valence electrons. The molecular formula is C17H13FN2O5. The average molecular weight is 344 g/mol. The van der Waals surface area contributed by atoms with Gasteiger partial charge in [-0.3, -0.25) is 14.9 Å². The number of non-ortho nitro benzene ring substituents is 1. The van der Waals surface area contributed by atoms with Gasteiger partial charge in [-0.2, -0.15) is 0 Å². The lowest BCUT2D eigenvalue weighted by Crippen LogP contribution is -2.20. The average Bonchev–Trinajstić information content (AvgIpc) is 2.60. The van der Waals surface area contributed by atoms with Crippen LogP contribution < -0.4 is 5.32 Å². The predicted molar refractivity (Wildman–Crippen MR) is 88.1 cm³/mol. The fraction of sp³-hybridized carbons (Fsp3) is 0.0588. The lowest BCUT2D eigenvalue weighted by atomic mass is 10.2. The van der Waals surface area contributed by atoms with Crippen LogP contribution in [0, 0.1) is 15.9 Å². The van der Waals surface area contributed by atoms with Crippen molar-refractivity contribution in [3.63, 3.8) is 0 Å². The third-order valence-corrected chi connectivity index (χ3v) is 2.97. The Morgan fingerprint density at radius 2 is 1.92 bits per heavy atom. The van der Waals surface area contributed by atoms with E-state index in [0.29, 0.717) is 11.3 Å². The number of carbonyl (C=O) groups is 2. The minimum Gasteiger partial charge on any atom is -0.452 e. The van der Waals surface area contributed by atoms with Crippen LogP contribution in [0.25, 0.3) is 6.08 Å². The Morgan fingerprint density at radius 3 is 2.60 bits per heavy atom. The number of carbonyl (C=O) groups excluding carboxylic acids is 2. The molecule has 0 unspecified atom stereocenters. The smallest absolute Gasteiger partial charge is 0.331 e. The van der Waals surface area contributed by atoms with Crippen molar-refractivity contribution in [2.45, 2.75) is 0 Å². The number of benzene rings is 2. The number of esters is 1. The van der Waals surface area contributed by atoms with Gasteiger partial charge in [0.05, 0.1) is 4.92 Å². The molecule has 2 rings (SSSR count). The van der Waals surface area contributed by atoms with Gasteiger partial charge in [-0.05, 0) is 35.9 Å². The number of halogens is 1. The topological polar surface area (TPSA) is 98.5 Å². The number of nitro benzene ring substituents is 1. The van der Waals surface area contributed by atoms with E-state index in [1.807, 2.05) is 0 Å². The van der Waals surface area contributed by atoms with Crippen molar-refractivity contribution >= 4 is 29.3 Å². The predicted octanol–water partition coefficient (Wildman–Crippen LogP) is 2.93. The van der Waals surface area contributed by atoms with Crippen molar-refractivity contribution in [2.75, 3.05) is 11.9 Å². The van der Waals surface area contributed by atoms with Gasteiger partial charge in [0.1, 0.15) is 5.82 Å². The molecule has 0 spiro atoms. The summed E-state index contributed by atoms with van der Waals surface area (Å²) in [6.07, 6.45) is 2.40. The van der Waals surface area contributed by atoms with Crippen molar-refractivity contribution in [1.29, 1.82) is 0 Å². The van der Waals surface area contributed by atoms with E-state index >= 15 is 0 Å². The molecule has 0 fully saturated rings. The highest BCUT2D eigenvalue weighted by Gasteiger charge is 2.07. The fourth-order valence-corrected chi connectivity index (χ4v) is 1.82. The van der Waals surface area contributed by atoms with Crippen LogP contribution in [0.5, 0.6) is 0 Å². The summed E-state index contributed by atoms with van der Waals surface area (Å²) in [7, 11) is 0. The van der Waals surface area contributed by atoms with E-state index in [-0.39, 0.29) is 5.69 Å². The molecule has 0 saturated heterocycles.